The minimum absolute atomic E-state index is 0.00352. The molecule has 20 heavy (non-hydrogen) atoms. The molecule has 5 nitrogen and oxygen atoms in total. The van der Waals surface area contributed by atoms with Crippen LogP contribution in [-0.4, -0.2) is 35.5 Å². The Balaban J connectivity index is 1.86. The fourth-order valence-corrected chi connectivity index (χ4v) is 5.02. The number of nitrogens with one attached hydrogen (secondary N) is 1. The Morgan fingerprint density at radius 2 is 2.40 bits per heavy atom. The fourth-order valence-electron chi connectivity index (χ4n) is 2.56. The Morgan fingerprint density at radius 3 is 2.95 bits per heavy atom. The standard InChI is InChI=1S/C13H17N3O2S2/c1-16-6-5-14-13(16)12(11-3-2-7-19-11)15-10-4-8-20(17,18)9-10/h2-3,5-7,10,12,15H,4,8-9H2,1H3. The van der Waals surface area contributed by atoms with Crippen molar-refractivity contribution < 1.29 is 8.42 Å². The second kappa shape index (κ2) is 5.31. The lowest BCUT2D eigenvalue weighted by atomic mass is 10.1. The molecule has 0 bridgehead atoms. The molecule has 0 saturated carbocycles. The molecule has 1 saturated heterocycles. The van der Waals surface area contributed by atoms with Gasteiger partial charge in [0.2, 0.25) is 0 Å². The van der Waals surface area contributed by atoms with Gasteiger partial charge in [0.1, 0.15) is 11.9 Å². The molecule has 108 valence electrons. The lowest BCUT2D eigenvalue weighted by Gasteiger charge is -2.21. The molecule has 0 aromatic carbocycles. The number of hydrogen-bond donors (Lipinski definition) is 1. The summed E-state index contributed by atoms with van der Waals surface area (Å²) in [6.45, 7) is 0. The monoisotopic (exact) mass is 311 g/mol. The van der Waals surface area contributed by atoms with Crippen LogP contribution in [0.25, 0.3) is 0 Å². The first kappa shape index (κ1) is 13.8. The van der Waals surface area contributed by atoms with Crippen LogP contribution in [0.5, 0.6) is 0 Å². The van der Waals surface area contributed by atoms with Gasteiger partial charge in [0, 0.05) is 30.4 Å². The van der Waals surface area contributed by atoms with Gasteiger partial charge < -0.3 is 4.57 Å². The van der Waals surface area contributed by atoms with Crippen molar-refractivity contribution in [2.24, 2.45) is 7.05 Å². The van der Waals surface area contributed by atoms with Crippen LogP contribution in [-0.2, 0) is 16.9 Å². The Bertz CT molecular complexity index is 676. The number of nitrogens with zero attached hydrogens (tertiary/aromatic N) is 2. The first-order valence-electron chi connectivity index (χ1n) is 6.52. The SMILES string of the molecule is Cn1ccnc1C(NC1CCS(=O)(=O)C1)c1cccs1. The molecule has 3 rings (SSSR count). The van der Waals surface area contributed by atoms with E-state index in [4.69, 9.17) is 0 Å². The zero-order chi connectivity index (χ0) is 14.2. The summed E-state index contributed by atoms with van der Waals surface area (Å²) < 4.78 is 25.2. The van der Waals surface area contributed by atoms with Crippen LogP contribution in [0.4, 0.5) is 0 Å². The van der Waals surface area contributed by atoms with Crippen LogP contribution in [0.3, 0.4) is 0 Å². The summed E-state index contributed by atoms with van der Waals surface area (Å²) in [7, 11) is -0.921. The van der Waals surface area contributed by atoms with E-state index in [9.17, 15) is 8.42 Å². The fraction of sp³-hybridized carbons (Fsp3) is 0.462. The van der Waals surface area contributed by atoms with Gasteiger partial charge in [0.05, 0.1) is 11.5 Å². The van der Waals surface area contributed by atoms with E-state index in [1.54, 1.807) is 17.5 Å². The van der Waals surface area contributed by atoms with E-state index in [-0.39, 0.29) is 23.6 Å². The molecule has 1 N–H and O–H groups in total. The van der Waals surface area contributed by atoms with E-state index in [2.05, 4.69) is 16.4 Å². The van der Waals surface area contributed by atoms with Crippen LogP contribution >= 0.6 is 11.3 Å². The third-order valence-electron chi connectivity index (χ3n) is 3.58. The van der Waals surface area contributed by atoms with Crippen molar-refractivity contribution in [3.05, 3.63) is 40.6 Å². The second-order valence-corrected chi connectivity index (χ2v) is 8.32. The van der Waals surface area contributed by atoms with Crippen LogP contribution in [0.1, 0.15) is 23.2 Å². The van der Waals surface area contributed by atoms with Gasteiger partial charge >= 0.3 is 0 Å². The normalized spacial score (nSPS) is 22.9. The van der Waals surface area contributed by atoms with E-state index >= 15 is 0 Å². The lowest BCUT2D eigenvalue weighted by molar-refractivity contribution is 0.485. The first-order valence-corrected chi connectivity index (χ1v) is 9.22. The smallest absolute Gasteiger partial charge is 0.151 e. The quantitative estimate of drug-likeness (QED) is 0.926. The average Bonchev–Trinajstić information content (AvgIpc) is 3.08. The minimum atomic E-state index is -2.88. The molecule has 1 aliphatic heterocycles. The van der Waals surface area contributed by atoms with Crippen molar-refractivity contribution in [1.29, 1.82) is 0 Å². The average molecular weight is 311 g/mol. The highest BCUT2D eigenvalue weighted by Crippen LogP contribution is 2.26. The molecular weight excluding hydrogens is 294 g/mol. The zero-order valence-electron chi connectivity index (χ0n) is 11.2. The Hall–Kier alpha value is -1.18. The van der Waals surface area contributed by atoms with Gasteiger partial charge in [-0.25, -0.2) is 13.4 Å². The lowest BCUT2D eigenvalue weighted by Crippen LogP contribution is -2.35. The zero-order valence-corrected chi connectivity index (χ0v) is 12.8. The summed E-state index contributed by atoms with van der Waals surface area (Å²) >= 11 is 1.66. The third-order valence-corrected chi connectivity index (χ3v) is 6.28. The van der Waals surface area contributed by atoms with Gasteiger partial charge in [0.25, 0.3) is 0 Å². The van der Waals surface area contributed by atoms with Gasteiger partial charge in [-0.2, -0.15) is 0 Å². The summed E-state index contributed by atoms with van der Waals surface area (Å²) in [4.78, 5) is 5.56. The molecule has 7 heteroatoms. The summed E-state index contributed by atoms with van der Waals surface area (Å²) in [5.41, 5.74) is 0. The molecule has 2 aromatic heterocycles. The van der Waals surface area contributed by atoms with Crippen LogP contribution < -0.4 is 5.32 Å². The Kier molecular flexibility index (Phi) is 3.66. The maximum atomic E-state index is 11.6. The number of aromatic nitrogens is 2. The molecule has 0 radical (unpaired) electrons. The highest BCUT2D eigenvalue weighted by molar-refractivity contribution is 7.91. The molecule has 2 unspecified atom stereocenters. The highest BCUT2D eigenvalue weighted by Gasteiger charge is 2.31. The number of hydrogen-bond acceptors (Lipinski definition) is 5. The van der Waals surface area contributed by atoms with E-state index in [0.29, 0.717) is 6.42 Å². The summed E-state index contributed by atoms with van der Waals surface area (Å²) in [5.74, 6) is 1.42. The van der Waals surface area contributed by atoms with Gasteiger partial charge in [-0.1, -0.05) is 6.07 Å². The van der Waals surface area contributed by atoms with Crippen LogP contribution in [0.15, 0.2) is 29.9 Å². The van der Waals surface area contributed by atoms with Gasteiger partial charge in [-0.05, 0) is 17.9 Å². The maximum Gasteiger partial charge on any atom is 0.151 e. The third kappa shape index (κ3) is 2.79. The predicted molar refractivity (Wildman–Crippen MR) is 79.6 cm³/mol. The summed E-state index contributed by atoms with van der Waals surface area (Å²) in [6.07, 6.45) is 4.35. The highest BCUT2D eigenvalue weighted by atomic mass is 32.2. The van der Waals surface area contributed by atoms with Crippen molar-refractivity contribution >= 4 is 21.2 Å². The van der Waals surface area contributed by atoms with Crippen molar-refractivity contribution in [3.8, 4) is 0 Å². The largest absolute Gasteiger partial charge is 0.336 e. The van der Waals surface area contributed by atoms with Gasteiger partial charge in [-0.15, -0.1) is 11.3 Å². The minimum Gasteiger partial charge on any atom is -0.336 e. The number of aryl methyl sites for hydroxylation is 1. The maximum absolute atomic E-state index is 11.6. The topological polar surface area (TPSA) is 64.0 Å². The second-order valence-electron chi connectivity index (χ2n) is 5.11. The summed E-state index contributed by atoms with van der Waals surface area (Å²) in [6, 6.07) is 4.01. The van der Waals surface area contributed by atoms with Crippen LogP contribution in [0, 0.1) is 0 Å². The van der Waals surface area contributed by atoms with Crippen LogP contribution in [0.2, 0.25) is 0 Å². The predicted octanol–water partition coefficient (Wildman–Crippen LogP) is 1.35. The number of sulfone groups is 1. The van der Waals surface area contributed by atoms with Crippen molar-refractivity contribution in [2.45, 2.75) is 18.5 Å². The van der Waals surface area contributed by atoms with E-state index in [1.165, 1.54) is 0 Å². The Labute approximate surface area is 122 Å². The molecule has 2 aromatic rings. The number of rotatable bonds is 4. The number of imidazole rings is 1. The molecule has 0 spiro atoms. The molecule has 0 amide bonds. The van der Waals surface area contributed by atoms with Crippen molar-refractivity contribution in [2.75, 3.05) is 11.5 Å². The molecule has 1 fully saturated rings. The van der Waals surface area contributed by atoms with Gasteiger partial charge in [0.15, 0.2) is 9.84 Å². The molecule has 1 aliphatic rings. The molecule has 0 aliphatic carbocycles. The van der Waals surface area contributed by atoms with Crippen molar-refractivity contribution in [1.82, 2.24) is 14.9 Å². The van der Waals surface area contributed by atoms with E-state index in [1.807, 2.05) is 29.3 Å². The van der Waals surface area contributed by atoms with E-state index < -0.39 is 9.84 Å². The van der Waals surface area contributed by atoms with E-state index in [0.717, 1.165) is 10.7 Å². The molecule has 3 heterocycles. The van der Waals surface area contributed by atoms with Gasteiger partial charge in [-0.3, -0.25) is 5.32 Å². The molecular formula is C13H17N3O2S2. The summed E-state index contributed by atoms with van der Waals surface area (Å²) in [5, 5.41) is 5.49. The Morgan fingerprint density at radius 1 is 1.55 bits per heavy atom. The molecule has 2 atom stereocenters. The first-order chi connectivity index (χ1) is 9.55. The number of thiophene rings is 1. The van der Waals surface area contributed by atoms with Crippen molar-refractivity contribution in [3.63, 3.8) is 0 Å².